The first kappa shape index (κ1) is 17.3. The van der Waals surface area contributed by atoms with Crippen LogP contribution in [0.2, 0.25) is 0 Å². The monoisotopic (exact) mass is 376 g/mol. The van der Waals surface area contributed by atoms with Gasteiger partial charge in [-0.2, -0.15) is 0 Å². The van der Waals surface area contributed by atoms with E-state index in [-0.39, 0.29) is 0 Å². The largest absolute Gasteiger partial charge is 0.453 e. The number of carbonyl (C=O) groups excluding carboxylic acids is 1. The summed E-state index contributed by atoms with van der Waals surface area (Å²) in [6, 6.07) is 18.6. The van der Waals surface area contributed by atoms with Crippen LogP contribution in [0.3, 0.4) is 0 Å². The summed E-state index contributed by atoms with van der Waals surface area (Å²) in [5, 5.41) is 9.09. The number of hydrogen-bond donors (Lipinski definition) is 2. The Hall–Kier alpha value is -3.09. The number of carbonyl (C=O) groups is 1. The summed E-state index contributed by atoms with van der Waals surface area (Å²) in [6.07, 6.45) is 3.75. The number of aliphatic imine (C=N–C) groups is 1. The first-order valence-electron chi connectivity index (χ1n) is 8.28. The molecule has 3 aromatic carbocycles. The van der Waals surface area contributed by atoms with Gasteiger partial charge in [-0.1, -0.05) is 36.4 Å². The maximum absolute atomic E-state index is 12.1. The number of rotatable bonds is 3. The van der Waals surface area contributed by atoms with E-state index in [1.165, 1.54) is 0 Å². The normalized spacial score (nSPS) is 11.8. The number of nitrogens with zero attached hydrogens (tertiary/aromatic N) is 1. The maximum atomic E-state index is 12.1. The van der Waals surface area contributed by atoms with Crippen LogP contribution in [0.5, 0.6) is 11.5 Å². The van der Waals surface area contributed by atoms with Crippen LogP contribution >= 0.6 is 11.8 Å². The summed E-state index contributed by atoms with van der Waals surface area (Å²) < 4.78 is 6.22. The number of ether oxygens (including phenoxy) is 1. The van der Waals surface area contributed by atoms with E-state index in [0.717, 1.165) is 21.7 Å². The van der Waals surface area contributed by atoms with Crippen molar-refractivity contribution in [3.8, 4) is 22.6 Å². The fourth-order valence-electron chi connectivity index (χ4n) is 3.08. The van der Waals surface area contributed by atoms with E-state index >= 15 is 0 Å². The van der Waals surface area contributed by atoms with Crippen molar-refractivity contribution in [3.63, 3.8) is 0 Å². The number of benzene rings is 3. The Morgan fingerprint density at radius 2 is 1.81 bits per heavy atom. The highest BCUT2D eigenvalue weighted by Gasteiger charge is 2.21. The second-order valence-electron chi connectivity index (χ2n) is 5.87. The van der Waals surface area contributed by atoms with Crippen LogP contribution < -0.4 is 10.2 Å². The highest BCUT2D eigenvalue weighted by atomic mass is 32.2. The van der Waals surface area contributed by atoms with Gasteiger partial charge in [0, 0.05) is 17.3 Å². The van der Waals surface area contributed by atoms with Gasteiger partial charge in [-0.15, -0.1) is 11.8 Å². The van der Waals surface area contributed by atoms with Gasteiger partial charge in [-0.3, -0.25) is 15.0 Å². The molecule has 6 heteroatoms. The minimum atomic E-state index is -0.567. The van der Waals surface area contributed by atoms with E-state index < -0.39 is 5.91 Å². The molecule has 0 aromatic heterocycles. The Morgan fingerprint density at radius 3 is 2.63 bits per heavy atom. The molecule has 0 spiro atoms. The Balaban J connectivity index is 1.96. The van der Waals surface area contributed by atoms with E-state index in [0.29, 0.717) is 22.6 Å². The summed E-state index contributed by atoms with van der Waals surface area (Å²) in [4.78, 5) is 17.7. The second kappa shape index (κ2) is 7.26. The molecule has 1 heterocycles. The lowest BCUT2D eigenvalue weighted by Crippen LogP contribution is -2.19. The maximum Gasteiger partial charge on any atom is 0.275 e. The van der Waals surface area contributed by atoms with Crippen LogP contribution in [0.25, 0.3) is 11.1 Å². The number of hydroxylamine groups is 1. The van der Waals surface area contributed by atoms with Gasteiger partial charge in [0.05, 0.1) is 4.90 Å². The zero-order valence-electron chi connectivity index (χ0n) is 14.5. The first-order valence-corrected chi connectivity index (χ1v) is 9.51. The smallest absolute Gasteiger partial charge is 0.275 e. The molecule has 0 unspecified atom stereocenters. The Bertz CT molecular complexity index is 1060. The number of fused-ring (bicyclic) bond motifs is 2. The lowest BCUT2D eigenvalue weighted by atomic mass is 9.95. The lowest BCUT2D eigenvalue weighted by Gasteiger charge is -2.16. The van der Waals surface area contributed by atoms with Crippen LogP contribution in [0.4, 0.5) is 5.69 Å². The number of nitrogens with one attached hydrogen (secondary N) is 1. The predicted molar refractivity (Wildman–Crippen MR) is 107 cm³/mol. The zero-order chi connectivity index (χ0) is 18.8. The third-order valence-electron chi connectivity index (χ3n) is 4.35. The van der Waals surface area contributed by atoms with Gasteiger partial charge in [0.25, 0.3) is 5.91 Å². The molecule has 0 fully saturated rings. The molecule has 1 amide bonds. The Kier molecular flexibility index (Phi) is 4.66. The highest BCUT2D eigenvalue weighted by molar-refractivity contribution is 7.98. The van der Waals surface area contributed by atoms with E-state index in [4.69, 9.17) is 9.94 Å². The molecule has 5 nitrogen and oxygen atoms in total. The third kappa shape index (κ3) is 3.09. The van der Waals surface area contributed by atoms with Crippen molar-refractivity contribution >= 4 is 29.6 Å². The molecule has 4 rings (SSSR count). The average molecular weight is 376 g/mol. The summed E-state index contributed by atoms with van der Waals surface area (Å²) in [7, 11) is 0. The molecule has 1 aliphatic heterocycles. The van der Waals surface area contributed by atoms with Crippen LogP contribution in [0.1, 0.15) is 15.9 Å². The van der Waals surface area contributed by atoms with Crippen molar-refractivity contribution < 1.29 is 14.7 Å². The summed E-state index contributed by atoms with van der Waals surface area (Å²) in [6.45, 7) is 0. The Labute approximate surface area is 160 Å². The quantitative estimate of drug-likeness (QED) is 0.298. The van der Waals surface area contributed by atoms with E-state index in [2.05, 4.69) is 4.99 Å². The zero-order valence-corrected chi connectivity index (χ0v) is 15.3. The molecule has 0 saturated heterocycles. The fourth-order valence-corrected chi connectivity index (χ4v) is 3.62. The van der Waals surface area contributed by atoms with Crippen molar-refractivity contribution in [2.75, 3.05) is 6.26 Å². The number of amides is 1. The standard InChI is InChI=1S/C21H16N2O3S/c1-27-19-11-10-14(13-6-2-3-7-15(13)21(24)23-25)16-12-22-17-8-4-5-9-18(17)26-20(16)19/h2-12,25H,1H3,(H,23,24). The molecule has 3 aromatic rings. The molecule has 27 heavy (non-hydrogen) atoms. The highest BCUT2D eigenvalue weighted by Crippen LogP contribution is 2.44. The summed E-state index contributed by atoms with van der Waals surface area (Å²) >= 11 is 1.58. The van der Waals surface area contributed by atoms with Gasteiger partial charge in [0.2, 0.25) is 0 Å². The van der Waals surface area contributed by atoms with Crippen molar-refractivity contribution in [1.82, 2.24) is 5.48 Å². The Morgan fingerprint density at radius 1 is 1.04 bits per heavy atom. The molecule has 0 bridgehead atoms. The van der Waals surface area contributed by atoms with Gasteiger partial charge >= 0.3 is 0 Å². The van der Waals surface area contributed by atoms with E-state index in [1.54, 1.807) is 35.6 Å². The van der Waals surface area contributed by atoms with Crippen molar-refractivity contribution in [3.05, 3.63) is 71.8 Å². The third-order valence-corrected chi connectivity index (χ3v) is 5.11. The molecule has 0 radical (unpaired) electrons. The van der Waals surface area contributed by atoms with Crippen molar-refractivity contribution in [1.29, 1.82) is 0 Å². The summed E-state index contributed by atoms with van der Waals surface area (Å²) in [5.74, 6) is 0.817. The second-order valence-corrected chi connectivity index (χ2v) is 6.72. The number of thioether (sulfide) groups is 1. The first-order chi connectivity index (χ1) is 13.2. The molecule has 0 aliphatic carbocycles. The summed E-state index contributed by atoms with van der Waals surface area (Å²) in [5.41, 5.74) is 5.11. The average Bonchev–Trinajstić information content (AvgIpc) is 2.92. The molecular formula is C21H16N2O3S. The van der Waals surface area contributed by atoms with Crippen LogP contribution in [0, 0.1) is 0 Å². The van der Waals surface area contributed by atoms with Crippen LogP contribution in [-0.2, 0) is 0 Å². The molecule has 1 aliphatic rings. The van der Waals surface area contributed by atoms with E-state index in [1.807, 2.05) is 54.8 Å². The fraction of sp³-hybridized carbons (Fsp3) is 0.0476. The molecule has 134 valence electrons. The van der Waals surface area contributed by atoms with Crippen LogP contribution in [-0.4, -0.2) is 23.6 Å². The topological polar surface area (TPSA) is 70.9 Å². The SMILES string of the molecule is CSc1ccc(-c2ccccc2C(=O)NO)c2c1Oc1ccccc1N=C2. The molecule has 0 atom stereocenters. The van der Waals surface area contributed by atoms with Gasteiger partial charge in [-0.05, 0) is 41.6 Å². The van der Waals surface area contributed by atoms with Crippen LogP contribution in [0.15, 0.2) is 70.6 Å². The van der Waals surface area contributed by atoms with Crippen molar-refractivity contribution in [2.45, 2.75) is 4.90 Å². The predicted octanol–water partition coefficient (Wildman–Crippen LogP) is 5.05. The lowest BCUT2D eigenvalue weighted by molar-refractivity contribution is 0.0707. The number of hydrogen-bond acceptors (Lipinski definition) is 5. The van der Waals surface area contributed by atoms with E-state index in [9.17, 15) is 4.79 Å². The molecule has 0 saturated carbocycles. The minimum Gasteiger partial charge on any atom is -0.453 e. The van der Waals surface area contributed by atoms with Crippen molar-refractivity contribution in [2.24, 2.45) is 4.99 Å². The molecule has 2 N–H and O–H groups in total. The van der Waals surface area contributed by atoms with Gasteiger partial charge in [-0.25, -0.2) is 5.48 Å². The van der Waals surface area contributed by atoms with Gasteiger partial charge in [0.15, 0.2) is 5.75 Å². The van der Waals surface area contributed by atoms with Gasteiger partial charge < -0.3 is 4.74 Å². The molecular weight excluding hydrogens is 360 g/mol. The van der Waals surface area contributed by atoms with Gasteiger partial charge in [0.1, 0.15) is 11.4 Å². The number of para-hydroxylation sites is 2. The minimum absolute atomic E-state index is 0.370.